The van der Waals surface area contributed by atoms with Crippen molar-refractivity contribution >= 4 is 5.91 Å². The zero-order chi connectivity index (χ0) is 20.2. The second kappa shape index (κ2) is 12.0. The van der Waals surface area contributed by atoms with Crippen molar-refractivity contribution in [1.82, 2.24) is 10.2 Å². The molecule has 1 amide bonds. The van der Waals surface area contributed by atoms with Crippen LogP contribution >= 0.6 is 0 Å². The number of hydrogen-bond acceptors (Lipinski definition) is 4. The third-order valence-corrected chi connectivity index (χ3v) is 3.79. The predicted molar refractivity (Wildman–Crippen MR) is 109 cm³/mol. The van der Waals surface area contributed by atoms with Crippen molar-refractivity contribution < 1.29 is 13.9 Å². The Morgan fingerprint density at radius 1 is 1.26 bits per heavy atom. The number of ether oxygens (including phenoxy) is 1. The van der Waals surface area contributed by atoms with E-state index in [1.807, 2.05) is 13.8 Å². The van der Waals surface area contributed by atoms with Gasteiger partial charge in [-0.15, -0.1) is 0 Å². The van der Waals surface area contributed by atoms with Crippen LogP contribution in [-0.2, 0) is 9.53 Å². The highest BCUT2D eigenvalue weighted by Gasteiger charge is 2.23. The van der Waals surface area contributed by atoms with E-state index in [0.717, 1.165) is 0 Å². The average Bonchev–Trinajstić information content (AvgIpc) is 2.62. The van der Waals surface area contributed by atoms with Crippen molar-refractivity contribution in [3.63, 3.8) is 0 Å². The van der Waals surface area contributed by atoms with Crippen molar-refractivity contribution in [2.75, 3.05) is 26.2 Å². The molecule has 0 bridgehead atoms. The first-order valence-corrected chi connectivity index (χ1v) is 8.98. The molecule has 1 aliphatic rings. The highest BCUT2D eigenvalue weighted by atomic mass is 19.1. The van der Waals surface area contributed by atoms with Crippen molar-refractivity contribution in [3.8, 4) is 0 Å². The number of carbonyl (C=O) groups excluding carboxylic acids is 1. The molecular weight excluding hydrogens is 345 g/mol. The number of nitrogens with two attached hydrogens (primary N) is 1. The van der Waals surface area contributed by atoms with Crippen LogP contribution in [0.1, 0.15) is 13.8 Å². The van der Waals surface area contributed by atoms with E-state index < -0.39 is 11.7 Å². The maximum Gasteiger partial charge on any atom is 0.251 e. The molecule has 2 atom stereocenters. The van der Waals surface area contributed by atoms with Gasteiger partial charge in [0.25, 0.3) is 5.91 Å². The predicted octanol–water partition coefficient (Wildman–Crippen LogP) is 2.76. The van der Waals surface area contributed by atoms with Crippen LogP contribution in [0, 0.1) is 0 Å². The third-order valence-electron chi connectivity index (χ3n) is 3.79. The minimum absolute atomic E-state index is 0.0547. The Morgan fingerprint density at radius 2 is 1.89 bits per heavy atom. The third kappa shape index (κ3) is 8.19. The van der Waals surface area contributed by atoms with E-state index in [1.165, 1.54) is 12.2 Å². The largest absolute Gasteiger partial charge is 0.372 e. The molecule has 3 N–H and O–H groups in total. The number of nitrogens with one attached hydrogen (secondary N) is 1. The van der Waals surface area contributed by atoms with Crippen LogP contribution in [0.4, 0.5) is 4.39 Å². The molecule has 148 valence electrons. The monoisotopic (exact) mass is 375 g/mol. The van der Waals surface area contributed by atoms with Gasteiger partial charge in [0.05, 0.1) is 18.8 Å². The lowest BCUT2D eigenvalue weighted by atomic mass is 10.2. The summed E-state index contributed by atoms with van der Waals surface area (Å²) in [6.45, 7) is 12.7. The Labute approximate surface area is 161 Å². The van der Waals surface area contributed by atoms with Gasteiger partial charge in [-0.05, 0) is 26.0 Å². The van der Waals surface area contributed by atoms with Gasteiger partial charge in [0.2, 0.25) is 0 Å². The van der Waals surface area contributed by atoms with Gasteiger partial charge in [-0.3, -0.25) is 4.79 Å². The molecular formula is C21H30FN3O2. The number of hydrogen-bond donors (Lipinski definition) is 2. The minimum Gasteiger partial charge on any atom is -0.372 e. The van der Waals surface area contributed by atoms with Crippen LogP contribution in [0.15, 0.2) is 72.8 Å². The lowest BCUT2D eigenvalue weighted by molar-refractivity contribution is -0.117. The van der Waals surface area contributed by atoms with Crippen LogP contribution < -0.4 is 11.1 Å². The van der Waals surface area contributed by atoms with Gasteiger partial charge in [0.1, 0.15) is 5.83 Å². The number of halogens is 1. The second-order valence-corrected chi connectivity index (χ2v) is 6.26. The number of amides is 1. The molecule has 1 heterocycles. The molecule has 6 heteroatoms. The molecule has 0 aromatic heterocycles. The van der Waals surface area contributed by atoms with E-state index in [0.29, 0.717) is 30.9 Å². The quantitative estimate of drug-likeness (QED) is 0.480. The van der Waals surface area contributed by atoms with Gasteiger partial charge >= 0.3 is 0 Å². The SMILES string of the molecule is C=C/C=C(\C=C/CN)C(=O)NC/C(F)=C\C(=C/C=C)N1CC(C)OC(C)C1. The zero-order valence-electron chi connectivity index (χ0n) is 16.2. The molecule has 0 aromatic carbocycles. The molecule has 0 saturated carbocycles. The Morgan fingerprint density at radius 3 is 2.44 bits per heavy atom. The highest BCUT2D eigenvalue weighted by Crippen LogP contribution is 2.18. The van der Waals surface area contributed by atoms with Crippen LogP contribution in [0.5, 0.6) is 0 Å². The molecule has 2 unspecified atom stereocenters. The first-order chi connectivity index (χ1) is 12.9. The second-order valence-electron chi connectivity index (χ2n) is 6.26. The number of nitrogens with zero attached hydrogens (tertiary/aromatic N) is 1. The normalized spacial score (nSPS) is 22.1. The van der Waals surface area contributed by atoms with Crippen LogP contribution in [0.2, 0.25) is 0 Å². The molecule has 0 aliphatic carbocycles. The van der Waals surface area contributed by atoms with Gasteiger partial charge < -0.3 is 20.7 Å². The fourth-order valence-electron chi connectivity index (χ4n) is 2.76. The Balaban J connectivity index is 2.79. The summed E-state index contributed by atoms with van der Waals surface area (Å²) in [5.74, 6) is -0.852. The lowest BCUT2D eigenvalue weighted by Gasteiger charge is -2.37. The number of morpholine rings is 1. The summed E-state index contributed by atoms with van der Waals surface area (Å²) < 4.78 is 20.1. The number of rotatable bonds is 9. The summed E-state index contributed by atoms with van der Waals surface area (Å²) in [6.07, 6.45) is 11.2. The highest BCUT2D eigenvalue weighted by molar-refractivity contribution is 5.96. The summed E-state index contributed by atoms with van der Waals surface area (Å²) in [6, 6.07) is 0. The van der Waals surface area contributed by atoms with Crippen LogP contribution in [0.3, 0.4) is 0 Å². The fourth-order valence-corrected chi connectivity index (χ4v) is 2.76. The van der Waals surface area contributed by atoms with Crippen molar-refractivity contribution in [2.24, 2.45) is 5.73 Å². The number of carbonyl (C=O) groups is 1. The molecule has 1 rings (SSSR count). The smallest absolute Gasteiger partial charge is 0.251 e. The summed E-state index contributed by atoms with van der Waals surface area (Å²) in [4.78, 5) is 14.2. The molecule has 0 radical (unpaired) electrons. The van der Waals surface area contributed by atoms with E-state index in [-0.39, 0.29) is 18.8 Å². The molecule has 27 heavy (non-hydrogen) atoms. The van der Waals surface area contributed by atoms with E-state index >= 15 is 0 Å². The molecule has 1 aliphatic heterocycles. The molecule has 0 spiro atoms. The van der Waals surface area contributed by atoms with Gasteiger partial charge in [-0.1, -0.05) is 43.5 Å². The minimum atomic E-state index is -0.455. The topological polar surface area (TPSA) is 67.6 Å². The maximum atomic E-state index is 14.4. The maximum absolute atomic E-state index is 14.4. The van der Waals surface area contributed by atoms with E-state index in [4.69, 9.17) is 10.5 Å². The fraction of sp³-hybridized carbons (Fsp3) is 0.381. The Hall–Kier alpha value is -2.44. The average molecular weight is 375 g/mol. The summed E-state index contributed by atoms with van der Waals surface area (Å²) in [5.41, 5.74) is 6.46. The summed E-state index contributed by atoms with van der Waals surface area (Å²) in [5, 5.41) is 2.56. The van der Waals surface area contributed by atoms with E-state index in [9.17, 15) is 9.18 Å². The van der Waals surface area contributed by atoms with Crippen LogP contribution in [0.25, 0.3) is 0 Å². The molecule has 1 fully saturated rings. The number of allylic oxidation sites excluding steroid dienone is 5. The van der Waals surface area contributed by atoms with Crippen molar-refractivity contribution in [3.05, 3.63) is 72.8 Å². The molecule has 1 saturated heterocycles. The molecule has 0 aromatic rings. The Bertz CT molecular complexity index is 640. The van der Waals surface area contributed by atoms with Gasteiger partial charge in [0, 0.05) is 30.9 Å². The van der Waals surface area contributed by atoms with E-state index in [2.05, 4.69) is 23.4 Å². The van der Waals surface area contributed by atoms with Crippen molar-refractivity contribution in [2.45, 2.75) is 26.1 Å². The lowest BCUT2D eigenvalue weighted by Crippen LogP contribution is -2.44. The standard InChI is InChI=1S/C21H30FN3O2/c1-5-8-18(10-7-11-23)21(26)24-13-19(22)12-20(9-6-2)25-14-16(3)27-17(4)15-25/h5-10,12,16-17H,1-2,11,13-15,23H2,3-4H3,(H,24,26)/b10-7-,18-8+,19-12+,20-9+. The zero-order valence-corrected chi connectivity index (χ0v) is 16.2. The first kappa shape index (κ1) is 22.6. The van der Waals surface area contributed by atoms with Gasteiger partial charge in [-0.25, -0.2) is 4.39 Å². The summed E-state index contributed by atoms with van der Waals surface area (Å²) in [7, 11) is 0. The van der Waals surface area contributed by atoms with Crippen LogP contribution in [-0.4, -0.2) is 49.2 Å². The Kier molecular flexibility index (Phi) is 10.1. The van der Waals surface area contributed by atoms with E-state index in [1.54, 1.807) is 30.4 Å². The summed E-state index contributed by atoms with van der Waals surface area (Å²) >= 11 is 0. The molecule has 5 nitrogen and oxygen atoms in total. The first-order valence-electron chi connectivity index (χ1n) is 8.98. The van der Waals surface area contributed by atoms with Crippen molar-refractivity contribution in [1.29, 1.82) is 0 Å². The van der Waals surface area contributed by atoms with Gasteiger partial charge in [0.15, 0.2) is 0 Å². The van der Waals surface area contributed by atoms with Gasteiger partial charge in [-0.2, -0.15) is 0 Å².